The van der Waals surface area contributed by atoms with Crippen LogP contribution in [0.2, 0.25) is 0 Å². The number of nitrogens with one attached hydrogen (secondary N) is 2. The molecule has 1 aromatic rings. The minimum absolute atomic E-state index is 0.139. The fourth-order valence-corrected chi connectivity index (χ4v) is 1.46. The number of nitrogens with zero attached hydrogens (tertiary/aromatic N) is 2. The Balaban J connectivity index is 1.92. The molecule has 1 aliphatic rings. The van der Waals surface area contributed by atoms with Gasteiger partial charge in [-0.25, -0.2) is 9.97 Å². The van der Waals surface area contributed by atoms with Crippen molar-refractivity contribution in [2.24, 2.45) is 0 Å². The molecule has 0 bridgehead atoms. The average molecular weight is 222 g/mol. The highest BCUT2D eigenvalue weighted by Gasteiger charge is 2.17. The highest BCUT2D eigenvalue weighted by atomic mass is 16.4. The molecule has 0 amide bonds. The van der Waals surface area contributed by atoms with Crippen molar-refractivity contribution in [2.75, 3.05) is 17.2 Å². The van der Waals surface area contributed by atoms with Gasteiger partial charge in [0.15, 0.2) is 0 Å². The second-order valence-corrected chi connectivity index (χ2v) is 3.81. The van der Waals surface area contributed by atoms with Gasteiger partial charge in [0.1, 0.15) is 24.5 Å². The fraction of sp³-hybridized carbons (Fsp3) is 0.500. The van der Waals surface area contributed by atoms with Crippen molar-refractivity contribution in [3.63, 3.8) is 0 Å². The van der Waals surface area contributed by atoms with Crippen LogP contribution in [0.4, 0.5) is 11.6 Å². The highest BCUT2D eigenvalue weighted by Crippen LogP contribution is 2.22. The van der Waals surface area contributed by atoms with Gasteiger partial charge in [-0.2, -0.15) is 0 Å². The number of rotatable bonds is 5. The summed E-state index contributed by atoms with van der Waals surface area (Å²) in [6.45, 7) is -0.139. The van der Waals surface area contributed by atoms with Gasteiger partial charge in [-0.15, -0.1) is 0 Å². The van der Waals surface area contributed by atoms with E-state index in [1.807, 2.05) is 0 Å². The number of hydrogen-bond acceptors (Lipinski definition) is 5. The quantitative estimate of drug-likeness (QED) is 0.687. The van der Waals surface area contributed by atoms with Crippen LogP contribution in [0.25, 0.3) is 0 Å². The molecule has 0 radical (unpaired) electrons. The molecule has 0 saturated heterocycles. The molecule has 2 rings (SSSR count). The molecule has 3 N–H and O–H groups in total. The van der Waals surface area contributed by atoms with E-state index in [1.165, 1.54) is 25.6 Å². The number of aliphatic carboxylic acids is 1. The van der Waals surface area contributed by atoms with E-state index in [1.54, 1.807) is 6.07 Å². The molecule has 86 valence electrons. The summed E-state index contributed by atoms with van der Waals surface area (Å²) < 4.78 is 0. The average Bonchev–Trinajstić information content (AvgIpc) is 2.21. The van der Waals surface area contributed by atoms with Crippen molar-refractivity contribution in [3.05, 3.63) is 12.4 Å². The Labute approximate surface area is 93.1 Å². The second kappa shape index (κ2) is 4.78. The van der Waals surface area contributed by atoms with Crippen molar-refractivity contribution in [1.82, 2.24) is 9.97 Å². The van der Waals surface area contributed by atoms with Crippen molar-refractivity contribution in [3.8, 4) is 0 Å². The van der Waals surface area contributed by atoms with E-state index in [-0.39, 0.29) is 6.54 Å². The number of hydrogen-bond donors (Lipinski definition) is 3. The molecule has 0 aliphatic heterocycles. The van der Waals surface area contributed by atoms with Crippen LogP contribution in [0.15, 0.2) is 12.4 Å². The topological polar surface area (TPSA) is 87.1 Å². The number of anilines is 2. The van der Waals surface area contributed by atoms with Crippen LogP contribution >= 0.6 is 0 Å². The van der Waals surface area contributed by atoms with E-state index in [2.05, 4.69) is 20.6 Å². The van der Waals surface area contributed by atoms with Crippen molar-refractivity contribution < 1.29 is 9.90 Å². The van der Waals surface area contributed by atoms with Crippen LogP contribution in [-0.2, 0) is 4.79 Å². The smallest absolute Gasteiger partial charge is 0.322 e. The van der Waals surface area contributed by atoms with Gasteiger partial charge < -0.3 is 15.7 Å². The first kappa shape index (κ1) is 10.7. The molecule has 6 nitrogen and oxygen atoms in total. The molecule has 1 fully saturated rings. The van der Waals surface area contributed by atoms with Gasteiger partial charge in [0.05, 0.1) is 0 Å². The molecule has 0 atom stereocenters. The Morgan fingerprint density at radius 3 is 2.81 bits per heavy atom. The third-order valence-corrected chi connectivity index (χ3v) is 2.54. The number of aromatic nitrogens is 2. The molecule has 0 aromatic carbocycles. The van der Waals surface area contributed by atoms with Gasteiger partial charge in [0.25, 0.3) is 0 Å². The first-order valence-corrected chi connectivity index (χ1v) is 5.28. The first-order chi connectivity index (χ1) is 7.74. The summed E-state index contributed by atoms with van der Waals surface area (Å²) in [6.07, 6.45) is 5.02. The maximum absolute atomic E-state index is 10.4. The minimum Gasteiger partial charge on any atom is -0.480 e. The lowest BCUT2D eigenvalue weighted by atomic mass is 9.93. The molecule has 1 heterocycles. The Morgan fingerprint density at radius 2 is 2.19 bits per heavy atom. The second-order valence-electron chi connectivity index (χ2n) is 3.81. The first-order valence-electron chi connectivity index (χ1n) is 5.28. The van der Waals surface area contributed by atoms with Gasteiger partial charge in [-0.3, -0.25) is 4.79 Å². The van der Waals surface area contributed by atoms with Gasteiger partial charge >= 0.3 is 5.97 Å². The molecular formula is C10H14N4O2. The Bertz CT molecular complexity index is 379. The van der Waals surface area contributed by atoms with E-state index in [0.29, 0.717) is 11.9 Å². The minimum atomic E-state index is -0.910. The zero-order chi connectivity index (χ0) is 11.4. The number of carboxylic acids is 1. The highest BCUT2D eigenvalue weighted by molar-refractivity contribution is 5.72. The molecular weight excluding hydrogens is 208 g/mol. The van der Waals surface area contributed by atoms with E-state index >= 15 is 0 Å². The zero-order valence-electron chi connectivity index (χ0n) is 8.81. The summed E-state index contributed by atoms with van der Waals surface area (Å²) in [4.78, 5) is 18.4. The fourth-order valence-electron chi connectivity index (χ4n) is 1.46. The van der Waals surface area contributed by atoms with Crippen LogP contribution in [0.5, 0.6) is 0 Å². The zero-order valence-corrected chi connectivity index (χ0v) is 8.81. The number of carboxylic acid groups (broad SMARTS) is 1. The summed E-state index contributed by atoms with van der Waals surface area (Å²) in [6, 6.07) is 2.23. The van der Waals surface area contributed by atoms with Crippen LogP contribution in [0, 0.1) is 0 Å². The van der Waals surface area contributed by atoms with Gasteiger partial charge in [-0.1, -0.05) is 0 Å². The van der Waals surface area contributed by atoms with E-state index in [0.717, 1.165) is 5.82 Å². The standard InChI is InChI=1S/C10H14N4O2/c15-10(16)5-11-8-4-9(13-6-12-8)14-7-2-1-3-7/h4,6-7H,1-3,5H2,(H,15,16)(H2,11,12,13,14). The van der Waals surface area contributed by atoms with Gasteiger partial charge in [0.2, 0.25) is 0 Å². The normalized spacial score (nSPS) is 15.2. The summed E-state index contributed by atoms with van der Waals surface area (Å²) in [5.41, 5.74) is 0. The van der Waals surface area contributed by atoms with Crippen molar-refractivity contribution in [1.29, 1.82) is 0 Å². The number of carbonyl (C=O) groups is 1. The molecule has 16 heavy (non-hydrogen) atoms. The van der Waals surface area contributed by atoms with E-state index in [9.17, 15) is 4.79 Å². The van der Waals surface area contributed by atoms with Gasteiger partial charge in [-0.05, 0) is 19.3 Å². The summed E-state index contributed by atoms with van der Waals surface area (Å²) in [7, 11) is 0. The summed E-state index contributed by atoms with van der Waals surface area (Å²) >= 11 is 0. The van der Waals surface area contributed by atoms with E-state index in [4.69, 9.17) is 5.11 Å². The Morgan fingerprint density at radius 1 is 1.44 bits per heavy atom. The molecule has 0 spiro atoms. The maximum Gasteiger partial charge on any atom is 0.322 e. The predicted molar refractivity (Wildman–Crippen MR) is 59.4 cm³/mol. The SMILES string of the molecule is O=C(O)CNc1cc(NC2CCC2)ncn1. The predicted octanol–water partition coefficient (Wildman–Crippen LogP) is 0.938. The molecule has 0 unspecified atom stereocenters. The third-order valence-electron chi connectivity index (χ3n) is 2.54. The lowest BCUT2D eigenvalue weighted by Gasteiger charge is -2.26. The van der Waals surface area contributed by atoms with Gasteiger partial charge in [0, 0.05) is 12.1 Å². The lowest BCUT2D eigenvalue weighted by Crippen LogP contribution is -2.27. The molecule has 1 aliphatic carbocycles. The van der Waals surface area contributed by atoms with Crippen molar-refractivity contribution >= 4 is 17.6 Å². The molecule has 6 heteroatoms. The summed E-state index contributed by atoms with van der Waals surface area (Å²) in [5, 5.41) is 14.5. The monoisotopic (exact) mass is 222 g/mol. The van der Waals surface area contributed by atoms with Crippen LogP contribution < -0.4 is 10.6 Å². The van der Waals surface area contributed by atoms with Crippen molar-refractivity contribution in [2.45, 2.75) is 25.3 Å². The molecule has 1 saturated carbocycles. The van der Waals surface area contributed by atoms with Crippen LogP contribution in [0.3, 0.4) is 0 Å². The lowest BCUT2D eigenvalue weighted by molar-refractivity contribution is -0.134. The Hall–Kier alpha value is -1.85. The third kappa shape index (κ3) is 2.82. The van der Waals surface area contributed by atoms with Crippen LogP contribution in [-0.4, -0.2) is 33.6 Å². The Kier molecular flexibility index (Phi) is 3.19. The molecule has 1 aromatic heterocycles. The maximum atomic E-state index is 10.4. The summed E-state index contributed by atoms with van der Waals surface area (Å²) in [5.74, 6) is 0.360. The van der Waals surface area contributed by atoms with Crippen LogP contribution in [0.1, 0.15) is 19.3 Å². The van der Waals surface area contributed by atoms with E-state index < -0.39 is 5.97 Å². The largest absolute Gasteiger partial charge is 0.480 e.